The third-order valence-corrected chi connectivity index (χ3v) is 6.17. The van der Waals surface area contributed by atoms with Crippen molar-refractivity contribution in [3.8, 4) is 22.7 Å². The first-order chi connectivity index (χ1) is 15.9. The average Bonchev–Trinajstić information content (AvgIpc) is 3.21. The highest BCUT2D eigenvalue weighted by atomic mass is 19.1. The van der Waals surface area contributed by atoms with E-state index in [9.17, 15) is 14.3 Å². The van der Waals surface area contributed by atoms with Crippen LogP contribution >= 0.6 is 0 Å². The Morgan fingerprint density at radius 3 is 2.58 bits per heavy atom. The number of aromatic nitrogens is 4. The van der Waals surface area contributed by atoms with E-state index in [4.69, 9.17) is 4.74 Å². The molecule has 0 radical (unpaired) electrons. The third kappa shape index (κ3) is 3.84. The van der Waals surface area contributed by atoms with Gasteiger partial charge in [-0.1, -0.05) is 18.2 Å². The quantitative estimate of drug-likeness (QED) is 0.497. The van der Waals surface area contributed by atoms with Gasteiger partial charge in [-0.15, -0.1) is 0 Å². The molecule has 4 aromatic rings. The standard InChI is InChI=1S/C24H24FN5O3/c1-24(32)10-12-29(13-11-24)16-8-6-15(7-9-16)21-22-18(26-27-21)14-20(31)30(28-22)23-17(25)4-3-5-19(23)33-2/h3-9,14,26,32H,10-13H2,1-2H3. The Morgan fingerprint density at radius 1 is 1.15 bits per heavy atom. The van der Waals surface area contributed by atoms with Crippen LogP contribution in [0.5, 0.6) is 5.75 Å². The monoisotopic (exact) mass is 449 g/mol. The Morgan fingerprint density at radius 2 is 1.88 bits per heavy atom. The molecule has 1 aliphatic heterocycles. The number of nitrogens with one attached hydrogen (secondary N) is 1. The molecule has 0 aliphatic carbocycles. The number of nitrogens with zero attached hydrogens (tertiary/aromatic N) is 4. The Labute approximate surface area is 189 Å². The number of fused-ring (bicyclic) bond motifs is 1. The molecular formula is C24H24FN5O3. The van der Waals surface area contributed by atoms with E-state index in [-0.39, 0.29) is 11.4 Å². The molecule has 0 saturated carbocycles. The van der Waals surface area contributed by atoms with E-state index in [1.165, 1.54) is 25.3 Å². The van der Waals surface area contributed by atoms with Gasteiger partial charge in [0.15, 0.2) is 5.82 Å². The van der Waals surface area contributed by atoms with E-state index in [2.05, 4.69) is 20.2 Å². The Bertz CT molecular complexity index is 1370. The summed E-state index contributed by atoms with van der Waals surface area (Å²) >= 11 is 0. The number of aromatic amines is 1. The molecular weight excluding hydrogens is 425 g/mol. The number of anilines is 1. The van der Waals surface area contributed by atoms with Gasteiger partial charge in [-0.25, -0.2) is 4.39 Å². The molecule has 0 atom stereocenters. The summed E-state index contributed by atoms with van der Waals surface area (Å²) in [5.41, 5.74) is 2.19. The number of ether oxygens (including phenoxy) is 1. The van der Waals surface area contributed by atoms with Crippen molar-refractivity contribution >= 4 is 16.7 Å². The van der Waals surface area contributed by atoms with Crippen LogP contribution in [0.1, 0.15) is 19.8 Å². The number of methoxy groups -OCH3 is 1. The van der Waals surface area contributed by atoms with Gasteiger partial charge in [0, 0.05) is 30.4 Å². The summed E-state index contributed by atoms with van der Waals surface area (Å²) in [7, 11) is 1.41. The van der Waals surface area contributed by atoms with Crippen molar-refractivity contribution < 1.29 is 14.2 Å². The second kappa shape index (κ2) is 8.00. The molecule has 0 bridgehead atoms. The predicted octanol–water partition coefficient (Wildman–Crippen LogP) is 3.27. The molecule has 8 nitrogen and oxygen atoms in total. The van der Waals surface area contributed by atoms with Crippen LogP contribution in [0.25, 0.3) is 28.0 Å². The fourth-order valence-corrected chi connectivity index (χ4v) is 4.19. The van der Waals surface area contributed by atoms with Gasteiger partial charge >= 0.3 is 0 Å². The van der Waals surface area contributed by atoms with Gasteiger partial charge in [0.2, 0.25) is 0 Å². The number of H-pyrrole nitrogens is 1. The molecule has 2 N–H and O–H groups in total. The molecule has 0 amide bonds. The normalized spacial score (nSPS) is 15.7. The average molecular weight is 449 g/mol. The van der Waals surface area contributed by atoms with Crippen LogP contribution in [-0.4, -0.2) is 50.9 Å². The van der Waals surface area contributed by atoms with Crippen molar-refractivity contribution in [2.24, 2.45) is 0 Å². The highest BCUT2D eigenvalue weighted by Crippen LogP contribution is 2.30. The number of hydrogen-bond donors (Lipinski definition) is 2. The maximum Gasteiger partial charge on any atom is 0.273 e. The lowest BCUT2D eigenvalue weighted by molar-refractivity contribution is 0.0351. The fraction of sp³-hybridized carbons (Fsp3) is 0.292. The minimum Gasteiger partial charge on any atom is -0.494 e. The van der Waals surface area contributed by atoms with Crippen molar-refractivity contribution in [3.63, 3.8) is 0 Å². The zero-order chi connectivity index (χ0) is 23.2. The van der Waals surface area contributed by atoms with Crippen LogP contribution in [0.2, 0.25) is 0 Å². The van der Waals surface area contributed by atoms with Crippen LogP contribution in [-0.2, 0) is 0 Å². The molecule has 0 spiro atoms. The van der Waals surface area contributed by atoms with Crippen LogP contribution < -0.4 is 15.2 Å². The number of para-hydroxylation sites is 1. The van der Waals surface area contributed by atoms with Crippen molar-refractivity contribution in [2.45, 2.75) is 25.4 Å². The van der Waals surface area contributed by atoms with Gasteiger partial charge in [-0.2, -0.15) is 14.9 Å². The van der Waals surface area contributed by atoms with Gasteiger partial charge in [0.05, 0.1) is 18.2 Å². The molecule has 3 heterocycles. The molecule has 33 heavy (non-hydrogen) atoms. The van der Waals surface area contributed by atoms with E-state index in [1.807, 2.05) is 31.2 Å². The van der Waals surface area contributed by atoms with Crippen LogP contribution in [0.3, 0.4) is 0 Å². The van der Waals surface area contributed by atoms with Crippen molar-refractivity contribution in [3.05, 3.63) is 64.7 Å². The van der Waals surface area contributed by atoms with Gasteiger partial charge in [0.1, 0.15) is 22.6 Å². The van der Waals surface area contributed by atoms with Crippen molar-refractivity contribution in [2.75, 3.05) is 25.1 Å². The summed E-state index contributed by atoms with van der Waals surface area (Å²) in [4.78, 5) is 14.9. The first-order valence-electron chi connectivity index (χ1n) is 10.8. The van der Waals surface area contributed by atoms with Crippen molar-refractivity contribution in [1.29, 1.82) is 0 Å². The molecule has 1 saturated heterocycles. The molecule has 5 rings (SSSR count). The lowest BCUT2D eigenvalue weighted by atomic mass is 9.93. The highest BCUT2D eigenvalue weighted by Gasteiger charge is 2.27. The summed E-state index contributed by atoms with van der Waals surface area (Å²) in [6, 6.07) is 13.6. The van der Waals surface area contributed by atoms with Gasteiger partial charge in [-0.3, -0.25) is 9.89 Å². The SMILES string of the molecule is COc1cccc(F)c1-n1nc2c(-c3ccc(N4CCC(C)(O)CC4)cc3)n[nH]c2cc1=O. The van der Waals surface area contributed by atoms with Crippen molar-refractivity contribution in [1.82, 2.24) is 20.0 Å². The summed E-state index contributed by atoms with van der Waals surface area (Å²) in [5, 5.41) is 21.8. The van der Waals surface area contributed by atoms with Crippen LogP contribution in [0.15, 0.2) is 53.3 Å². The number of rotatable bonds is 4. The summed E-state index contributed by atoms with van der Waals surface area (Å²) in [5.74, 6) is -0.405. The van der Waals surface area contributed by atoms with Gasteiger partial charge in [0.25, 0.3) is 5.56 Å². The summed E-state index contributed by atoms with van der Waals surface area (Å²) in [6.07, 6.45) is 1.44. The maximum absolute atomic E-state index is 14.6. The molecule has 1 aliphatic rings. The minimum absolute atomic E-state index is 0.0459. The van der Waals surface area contributed by atoms with E-state index in [1.54, 1.807) is 6.07 Å². The van der Waals surface area contributed by atoms with E-state index in [0.717, 1.165) is 41.9 Å². The molecule has 2 aromatic carbocycles. The number of hydrogen-bond acceptors (Lipinski definition) is 6. The second-order valence-corrected chi connectivity index (χ2v) is 8.55. The largest absolute Gasteiger partial charge is 0.494 e. The van der Waals surface area contributed by atoms with Gasteiger partial charge in [-0.05, 0) is 44.0 Å². The number of benzene rings is 2. The first-order valence-corrected chi connectivity index (χ1v) is 10.8. The Balaban J connectivity index is 1.53. The lowest BCUT2D eigenvalue weighted by Crippen LogP contribution is -2.42. The smallest absolute Gasteiger partial charge is 0.273 e. The predicted molar refractivity (Wildman–Crippen MR) is 124 cm³/mol. The fourth-order valence-electron chi connectivity index (χ4n) is 4.19. The minimum atomic E-state index is -0.613. The van der Waals surface area contributed by atoms with Crippen LogP contribution in [0.4, 0.5) is 10.1 Å². The zero-order valence-corrected chi connectivity index (χ0v) is 18.4. The first kappa shape index (κ1) is 21.1. The van der Waals surface area contributed by atoms with Crippen LogP contribution in [0, 0.1) is 5.82 Å². The summed E-state index contributed by atoms with van der Waals surface area (Å²) < 4.78 is 20.8. The Kier molecular flexibility index (Phi) is 5.13. The topological polar surface area (TPSA) is 96.3 Å². The van der Waals surface area contributed by atoms with Gasteiger partial charge < -0.3 is 14.7 Å². The molecule has 2 aromatic heterocycles. The molecule has 1 fully saturated rings. The summed E-state index contributed by atoms with van der Waals surface area (Å²) in [6.45, 7) is 3.45. The number of piperidine rings is 1. The molecule has 170 valence electrons. The zero-order valence-electron chi connectivity index (χ0n) is 18.4. The Hall–Kier alpha value is -3.72. The number of aliphatic hydroxyl groups is 1. The van der Waals surface area contributed by atoms with E-state index in [0.29, 0.717) is 16.7 Å². The third-order valence-electron chi connectivity index (χ3n) is 6.17. The van der Waals surface area contributed by atoms with E-state index >= 15 is 0 Å². The van der Waals surface area contributed by atoms with E-state index < -0.39 is 17.0 Å². The maximum atomic E-state index is 14.6. The molecule has 9 heteroatoms. The highest BCUT2D eigenvalue weighted by molar-refractivity contribution is 5.89. The molecule has 0 unspecified atom stereocenters. The second-order valence-electron chi connectivity index (χ2n) is 8.55. The number of halogens is 1. The lowest BCUT2D eigenvalue weighted by Gasteiger charge is -2.37.